The second kappa shape index (κ2) is 11.5. The highest BCUT2D eigenvalue weighted by molar-refractivity contribution is 5.26. The molecule has 3 saturated carbocycles. The van der Waals surface area contributed by atoms with Crippen LogP contribution in [0.5, 0.6) is 0 Å². The highest BCUT2D eigenvalue weighted by Gasteiger charge is 2.50. The summed E-state index contributed by atoms with van der Waals surface area (Å²) < 4.78 is 11.0. The number of aliphatic hydroxyl groups excluding tert-OH is 1. The number of allylic oxidation sites excluding steroid dienone is 3. The molecular formula is C28H48O3. The fourth-order valence-electron chi connectivity index (χ4n) is 7.37. The lowest BCUT2D eigenvalue weighted by molar-refractivity contribution is 0.00500. The maximum Gasteiger partial charge on any atom is 0.0637 e. The average Bonchev–Trinajstić information content (AvgIpc) is 3.13. The minimum atomic E-state index is 0.238. The SMILES string of the molecule is COCCCC[C@@H](C)[C@H]1CC[C@H]2/C(=C/C=C3/C[C@@H](CO)[C@H](C)[C@H](OC)C3)CCC[C@]12C. The Balaban J connectivity index is 1.68. The molecule has 3 aliphatic rings. The molecular weight excluding hydrogens is 384 g/mol. The molecule has 7 atom stereocenters. The molecule has 0 aromatic carbocycles. The Hall–Kier alpha value is -0.640. The highest BCUT2D eigenvalue weighted by atomic mass is 16.5. The zero-order chi connectivity index (χ0) is 22.4. The molecule has 0 aromatic rings. The third kappa shape index (κ3) is 5.65. The third-order valence-electron chi connectivity index (χ3n) is 9.37. The van der Waals surface area contributed by atoms with E-state index in [0.717, 1.165) is 37.2 Å². The normalized spacial score (nSPS) is 39.7. The fourth-order valence-corrected chi connectivity index (χ4v) is 7.37. The Labute approximate surface area is 191 Å². The second-order valence-corrected chi connectivity index (χ2v) is 11.1. The summed E-state index contributed by atoms with van der Waals surface area (Å²) >= 11 is 0. The molecule has 3 fully saturated rings. The molecule has 1 N–H and O–H groups in total. The van der Waals surface area contributed by atoms with Crippen LogP contribution in [0.25, 0.3) is 0 Å². The number of unbranched alkanes of at least 4 members (excludes halogenated alkanes) is 1. The van der Waals surface area contributed by atoms with Gasteiger partial charge in [0.2, 0.25) is 0 Å². The van der Waals surface area contributed by atoms with Crippen molar-refractivity contribution in [2.24, 2.45) is 35.0 Å². The van der Waals surface area contributed by atoms with Gasteiger partial charge in [-0.1, -0.05) is 56.9 Å². The van der Waals surface area contributed by atoms with Gasteiger partial charge in [0, 0.05) is 27.4 Å². The number of hydrogen-bond donors (Lipinski definition) is 1. The van der Waals surface area contributed by atoms with Gasteiger partial charge in [-0.3, -0.25) is 0 Å². The minimum Gasteiger partial charge on any atom is -0.396 e. The number of fused-ring (bicyclic) bond motifs is 1. The number of aliphatic hydroxyl groups is 1. The second-order valence-electron chi connectivity index (χ2n) is 11.1. The van der Waals surface area contributed by atoms with Crippen LogP contribution in [0, 0.1) is 35.0 Å². The molecule has 178 valence electrons. The maximum atomic E-state index is 9.83. The molecule has 3 nitrogen and oxygen atoms in total. The van der Waals surface area contributed by atoms with Crippen LogP contribution >= 0.6 is 0 Å². The van der Waals surface area contributed by atoms with Gasteiger partial charge >= 0.3 is 0 Å². The van der Waals surface area contributed by atoms with Gasteiger partial charge in [-0.25, -0.2) is 0 Å². The monoisotopic (exact) mass is 432 g/mol. The standard InChI is InChI=1S/C28H48O3/c1-20(9-6-7-16-30-4)25-13-14-26-23(10-8-15-28(25,26)3)12-11-22-17-24(19-29)21(2)27(18-22)31-5/h11-12,20-21,24-27,29H,6-10,13-19H2,1-5H3/b22-11-,23-12+/t20-,21+,24+,25-,26+,27-,28-/m1/s1. The Morgan fingerprint density at radius 1 is 1.16 bits per heavy atom. The van der Waals surface area contributed by atoms with Crippen LogP contribution in [0.1, 0.15) is 85.0 Å². The van der Waals surface area contributed by atoms with E-state index < -0.39 is 0 Å². The Morgan fingerprint density at radius 2 is 1.97 bits per heavy atom. The lowest BCUT2D eigenvalue weighted by Gasteiger charge is -2.44. The van der Waals surface area contributed by atoms with Crippen molar-refractivity contribution in [3.63, 3.8) is 0 Å². The van der Waals surface area contributed by atoms with Crippen molar-refractivity contribution < 1.29 is 14.6 Å². The summed E-state index contributed by atoms with van der Waals surface area (Å²) in [5, 5.41) is 9.83. The fraction of sp³-hybridized carbons (Fsp3) is 0.857. The first kappa shape index (κ1) is 25.0. The van der Waals surface area contributed by atoms with E-state index in [1.54, 1.807) is 5.57 Å². The van der Waals surface area contributed by atoms with E-state index in [2.05, 4.69) is 32.9 Å². The van der Waals surface area contributed by atoms with Crippen molar-refractivity contribution >= 4 is 0 Å². The molecule has 0 aliphatic heterocycles. The average molecular weight is 433 g/mol. The van der Waals surface area contributed by atoms with Crippen LogP contribution in [-0.4, -0.2) is 38.6 Å². The van der Waals surface area contributed by atoms with E-state index >= 15 is 0 Å². The topological polar surface area (TPSA) is 38.7 Å². The van der Waals surface area contributed by atoms with Crippen molar-refractivity contribution in [2.75, 3.05) is 27.4 Å². The van der Waals surface area contributed by atoms with Crippen LogP contribution < -0.4 is 0 Å². The zero-order valence-corrected chi connectivity index (χ0v) is 20.9. The molecule has 3 aliphatic carbocycles. The first-order valence-corrected chi connectivity index (χ1v) is 13.0. The number of methoxy groups -OCH3 is 2. The van der Waals surface area contributed by atoms with E-state index in [1.165, 1.54) is 56.9 Å². The molecule has 0 saturated heterocycles. The Bertz CT molecular complexity index is 608. The highest BCUT2D eigenvalue weighted by Crippen LogP contribution is 2.59. The molecule has 3 heteroatoms. The zero-order valence-electron chi connectivity index (χ0n) is 20.9. The van der Waals surface area contributed by atoms with Crippen LogP contribution in [0.4, 0.5) is 0 Å². The van der Waals surface area contributed by atoms with E-state index in [1.807, 2.05) is 14.2 Å². The van der Waals surface area contributed by atoms with Crippen LogP contribution in [0.15, 0.2) is 23.3 Å². The van der Waals surface area contributed by atoms with E-state index in [-0.39, 0.29) is 12.7 Å². The number of hydrogen-bond acceptors (Lipinski definition) is 3. The minimum absolute atomic E-state index is 0.238. The first-order valence-electron chi connectivity index (χ1n) is 13.0. The van der Waals surface area contributed by atoms with Gasteiger partial charge < -0.3 is 14.6 Å². The molecule has 0 spiro atoms. The molecule has 31 heavy (non-hydrogen) atoms. The molecule has 0 radical (unpaired) electrons. The Kier molecular flexibility index (Phi) is 9.25. The van der Waals surface area contributed by atoms with E-state index in [9.17, 15) is 5.11 Å². The van der Waals surface area contributed by atoms with E-state index in [0.29, 0.717) is 17.3 Å². The molecule has 0 heterocycles. The Morgan fingerprint density at radius 3 is 2.68 bits per heavy atom. The van der Waals surface area contributed by atoms with Gasteiger partial charge in [-0.2, -0.15) is 0 Å². The van der Waals surface area contributed by atoms with Gasteiger partial charge in [0.15, 0.2) is 0 Å². The summed E-state index contributed by atoms with van der Waals surface area (Å²) in [6.07, 6.45) is 17.8. The van der Waals surface area contributed by atoms with Gasteiger partial charge in [0.05, 0.1) is 6.10 Å². The summed E-state index contributed by atoms with van der Waals surface area (Å²) in [6, 6.07) is 0. The summed E-state index contributed by atoms with van der Waals surface area (Å²) in [7, 11) is 3.63. The van der Waals surface area contributed by atoms with Crippen LogP contribution in [0.2, 0.25) is 0 Å². The summed E-state index contributed by atoms with van der Waals surface area (Å²) in [5.41, 5.74) is 3.64. The van der Waals surface area contributed by atoms with Crippen LogP contribution in [-0.2, 0) is 9.47 Å². The lowest BCUT2D eigenvalue weighted by atomic mass is 9.60. The molecule has 0 bridgehead atoms. The predicted octanol–water partition coefficient (Wildman–Crippen LogP) is 6.56. The molecule has 0 amide bonds. The largest absolute Gasteiger partial charge is 0.396 e. The predicted molar refractivity (Wildman–Crippen MR) is 129 cm³/mol. The number of rotatable bonds is 9. The molecule has 0 aromatic heterocycles. The maximum absolute atomic E-state index is 9.83. The van der Waals surface area contributed by atoms with Crippen molar-refractivity contribution in [1.29, 1.82) is 0 Å². The van der Waals surface area contributed by atoms with Gasteiger partial charge in [0.25, 0.3) is 0 Å². The quantitative estimate of drug-likeness (QED) is 0.419. The van der Waals surface area contributed by atoms with Crippen molar-refractivity contribution in [3.8, 4) is 0 Å². The third-order valence-corrected chi connectivity index (χ3v) is 9.37. The van der Waals surface area contributed by atoms with Gasteiger partial charge in [-0.05, 0) is 86.4 Å². The van der Waals surface area contributed by atoms with Gasteiger partial charge in [0.1, 0.15) is 0 Å². The first-order chi connectivity index (χ1) is 14.9. The molecule has 3 rings (SSSR count). The van der Waals surface area contributed by atoms with Gasteiger partial charge in [-0.15, -0.1) is 0 Å². The van der Waals surface area contributed by atoms with E-state index in [4.69, 9.17) is 9.47 Å². The van der Waals surface area contributed by atoms with Crippen molar-refractivity contribution in [2.45, 2.75) is 91.1 Å². The molecule has 0 unspecified atom stereocenters. The summed E-state index contributed by atoms with van der Waals surface area (Å²) in [5.74, 6) is 3.20. The van der Waals surface area contributed by atoms with Crippen molar-refractivity contribution in [3.05, 3.63) is 23.3 Å². The van der Waals surface area contributed by atoms with Crippen LogP contribution in [0.3, 0.4) is 0 Å². The lowest BCUT2D eigenvalue weighted by Crippen LogP contribution is -2.36. The number of ether oxygens (including phenoxy) is 2. The smallest absolute Gasteiger partial charge is 0.0637 e. The summed E-state index contributed by atoms with van der Waals surface area (Å²) in [4.78, 5) is 0. The summed E-state index contributed by atoms with van der Waals surface area (Å²) in [6.45, 7) is 8.50. The van der Waals surface area contributed by atoms with Crippen molar-refractivity contribution in [1.82, 2.24) is 0 Å².